The third-order valence-corrected chi connectivity index (χ3v) is 5.21. The van der Waals surface area contributed by atoms with Gasteiger partial charge in [-0.05, 0) is 12.1 Å². The van der Waals surface area contributed by atoms with E-state index < -0.39 is 31.4 Å². The maximum Gasteiger partial charge on any atom is 0.293 e. The Hall–Kier alpha value is -1.52. The lowest BCUT2D eigenvalue weighted by Gasteiger charge is -2.07. The molecule has 0 fully saturated rings. The number of nitro benzene ring substituents is 1. The first-order valence-corrected chi connectivity index (χ1v) is 8.63. The van der Waals surface area contributed by atoms with Gasteiger partial charge in [-0.3, -0.25) is 14.3 Å². The molecule has 0 spiro atoms. The molecule has 8 nitrogen and oxygen atoms in total. The van der Waals surface area contributed by atoms with Crippen LogP contribution in [-0.2, 0) is 20.8 Å². The monoisotopic (exact) mass is 321 g/mol. The van der Waals surface area contributed by atoms with Gasteiger partial charge in [-0.15, -0.1) is 0 Å². The molecule has 0 aromatic heterocycles. The van der Waals surface area contributed by atoms with E-state index in [-0.39, 0.29) is 22.9 Å². The molecule has 0 saturated carbocycles. The lowest BCUT2D eigenvalue weighted by atomic mass is 10.3. The van der Waals surface area contributed by atoms with E-state index in [9.17, 15) is 22.7 Å². The second-order valence-electron chi connectivity index (χ2n) is 3.81. The molecular formula is C10H15N3O5S2. The molecule has 0 heterocycles. The summed E-state index contributed by atoms with van der Waals surface area (Å²) in [5.41, 5.74) is 4.82. The smallest absolute Gasteiger partial charge is 0.293 e. The van der Waals surface area contributed by atoms with Gasteiger partial charge in [0.1, 0.15) is 5.69 Å². The second-order valence-corrected chi connectivity index (χ2v) is 7.44. The number of nitrogens with two attached hydrogens (primary N) is 1. The van der Waals surface area contributed by atoms with Crippen LogP contribution >= 0.6 is 0 Å². The predicted octanol–water partition coefficient (Wildman–Crippen LogP) is 0.224. The number of hydrogen-bond donors (Lipinski definition) is 2. The Morgan fingerprint density at radius 1 is 1.45 bits per heavy atom. The van der Waals surface area contributed by atoms with Crippen LogP contribution in [0, 0.1) is 10.1 Å². The van der Waals surface area contributed by atoms with E-state index in [1.807, 2.05) is 0 Å². The zero-order valence-corrected chi connectivity index (χ0v) is 12.4. The van der Waals surface area contributed by atoms with Crippen LogP contribution in [0.2, 0.25) is 0 Å². The average Bonchev–Trinajstić information content (AvgIpc) is 2.38. The summed E-state index contributed by atoms with van der Waals surface area (Å²) in [6, 6.07) is 3.24. The first-order valence-electron chi connectivity index (χ1n) is 5.66. The van der Waals surface area contributed by atoms with Gasteiger partial charge in [0, 0.05) is 34.9 Å². The number of hydrogen-bond acceptors (Lipinski definition) is 6. The summed E-state index contributed by atoms with van der Waals surface area (Å²) in [4.78, 5) is 9.71. The van der Waals surface area contributed by atoms with Crippen molar-refractivity contribution < 1.29 is 17.6 Å². The number of nitrogens with zero attached hydrogens (tertiary/aromatic N) is 1. The van der Waals surface area contributed by atoms with E-state index in [1.54, 1.807) is 6.92 Å². The van der Waals surface area contributed by atoms with Crippen molar-refractivity contribution in [2.75, 3.05) is 23.8 Å². The summed E-state index contributed by atoms with van der Waals surface area (Å²) in [6.07, 6.45) is 0. The Morgan fingerprint density at radius 3 is 2.65 bits per heavy atom. The minimum Gasteiger partial charge on any atom is -0.393 e. The summed E-state index contributed by atoms with van der Waals surface area (Å²) < 4.78 is 37.3. The summed E-state index contributed by atoms with van der Waals surface area (Å²) in [7, 11) is -4.97. The van der Waals surface area contributed by atoms with Gasteiger partial charge in [-0.1, -0.05) is 6.92 Å². The number of nitro groups is 1. The summed E-state index contributed by atoms with van der Waals surface area (Å²) in [6.45, 7) is 1.73. The number of nitrogen functional groups attached to an aromatic ring is 1. The summed E-state index contributed by atoms with van der Waals surface area (Å²) >= 11 is 0. The van der Waals surface area contributed by atoms with E-state index in [0.717, 1.165) is 12.1 Å². The Morgan fingerprint density at radius 2 is 2.10 bits per heavy atom. The van der Waals surface area contributed by atoms with Crippen LogP contribution in [0.1, 0.15) is 6.92 Å². The zero-order chi connectivity index (χ0) is 15.3. The molecule has 3 N–H and O–H groups in total. The normalized spacial score (nSPS) is 13.1. The van der Waals surface area contributed by atoms with Crippen LogP contribution in [0.4, 0.5) is 11.4 Å². The van der Waals surface area contributed by atoms with E-state index in [2.05, 4.69) is 4.72 Å². The van der Waals surface area contributed by atoms with Crippen LogP contribution in [0.15, 0.2) is 23.1 Å². The Bertz CT molecular complexity index is 630. The van der Waals surface area contributed by atoms with Crippen LogP contribution in [-0.4, -0.2) is 35.6 Å². The minimum atomic E-state index is -3.88. The number of benzene rings is 1. The van der Waals surface area contributed by atoms with Gasteiger partial charge in [0.05, 0.1) is 9.82 Å². The molecule has 0 saturated heterocycles. The zero-order valence-electron chi connectivity index (χ0n) is 10.7. The number of anilines is 1. The fraction of sp³-hybridized carbons (Fsp3) is 0.400. The van der Waals surface area contributed by atoms with Crippen molar-refractivity contribution >= 4 is 32.2 Å². The van der Waals surface area contributed by atoms with Crippen LogP contribution in [0.3, 0.4) is 0 Å². The SMILES string of the molecule is CCS(=O)CCNS(=O)(=O)c1ccc(N)c([N+](=O)[O-])c1. The van der Waals surface area contributed by atoms with Gasteiger partial charge in [0.15, 0.2) is 0 Å². The highest BCUT2D eigenvalue weighted by Gasteiger charge is 2.19. The second kappa shape index (κ2) is 6.77. The van der Waals surface area contributed by atoms with Crippen molar-refractivity contribution in [2.45, 2.75) is 11.8 Å². The Balaban J connectivity index is 2.90. The molecule has 1 aromatic rings. The molecule has 20 heavy (non-hydrogen) atoms. The molecule has 1 unspecified atom stereocenters. The molecule has 0 radical (unpaired) electrons. The van der Waals surface area contributed by atoms with Crippen molar-refractivity contribution in [3.8, 4) is 0 Å². The van der Waals surface area contributed by atoms with Crippen LogP contribution in [0.25, 0.3) is 0 Å². The molecule has 1 aromatic carbocycles. The molecule has 0 amide bonds. The maximum absolute atomic E-state index is 11.9. The molecule has 0 bridgehead atoms. The van der Waals surface area contributed by atoms with E-state index in [1.165, 1.54) is 6.07 Å². The van der Waals surface area contributed by atoms with Crippen LogP contribution in [0.5, 0.6) is 0 Å². The number of sulfonamides is 1. The lowest BCUT2D eigenvalue weighted by Crippen LogP contribution is -2.28. The third kappa shape index (κ3) is 4.25. The fourth-order valence-electron chi connectivity index (χ4n) is 1.37. The van der Waals surface area contributed by atoms with Crippen molar-refractivity contribution in [3.63, 3.8) is 0 Å². The molecule has 112 valence electrons. The van der Waals surface area contributed by atoms with Gasteiger partial charge in [-0.25, -0.2) is 13.1 Å². The van der Waals surface area contributed by atoms with Gasteiger partial charge < -0.3 is 5.73 Å². The topological polar surface area (TPSA) is 132 Å². The highest BCUT2D eigenvalue weighted by atomic mass is 32.2. The van der Waals surface area contributed by atoms with Gasteiger partial charge in [0.25, 0.3) is 5.69 Å². The van der Waals surface area contributed by atoms with Crippen molar-refractivity contribution in [1.82, 2.24) is 4.72 Å². The first kappa shape index (κ1) is 16.5. The minimum absolute atomic E-state index is 0.000951. The number of rotatable bonds is 7. The molecule has 1 rings (SSSR count). The van der Waals surface area contributed by atoms with Crippen LogP contribution < -0.4 is 10.5 Å². The van der Waals surface area contributed by atoms with Crippen molar-refractivity contribution in [3.05, 3.63) is 28.3 Å². The number of nitrogens with one attached hydrogen (secondary N) is 1. The molecule has 1 atom stereocenters. The van der Waals surface area contributed by atoms with E-state index >= 15 is 0 Å². The highest BCUT2D eigenvalue weighted by Crippen LogP contribution is 2.24. The maximum atomic E-state index is 11.9. The Kier molecular flexibility index (Phi) is 5.60. The molecule has 10 heteroatoms. The van der Waals surface area contributed by atoms with E-state index in [0.29, 0.717) is 5.75 Å². The predicted molar refractivity (Wildman–Crippen MR) is 76.2 cm³/mol. The van der Waals surface area contributed by atoms with Gasteiger partial charge in [0.2, 0.25) is 10.0 Å². The average molecular weight is 321 g/mol. The van der Waals surface area contributed by atoms with Crippen molar-refractivity contribution in [1.29, 1.82) is 0 Å². The molecular weight excluding hydrogens is 306 g/mol. The van der Waals surface area contributed by atoms with E-state index in [4.69, 9.17) is 5.73 Å². The standard InChI is InChI=1S/C10H15N3O5S2/c1-2-19(16)6-5-12-20(17,18)8-3-4-9(11)10(7-8)13(14)15/h3-4,7,12H,2,5-6,11H2,1H3. The summed E-state index contributed by atoms with van der Waals surface area (Å²) in [5, 5.41) is 10.7. The third-order valence-electron chi connectivity index (χ3n) is 2.45. The fourth-order valence-corrected chi connectivity index (χ4v) is 3.17. The largest absolute Gasteiger partial charge is 0.393 e. The van der Waals surface area contributed by atoms with Gasteiger partial charge in [-0.2, -0.15) is 0 Å². The first-order chi connectivity index (χ1) is 9.27. The lowest BCUT2D eigenvalue weighted by molar-refractivity contribution is -0.384. The van der Waals surface area contributed by atoms with Crippen molar-refractivity contribution in [2.24, 2.45) is 0 Å². The summed E-state index contributed by atoms with van der Waals surface area (Å²) in [5.74, 6) is 0.627. The quantitative estimate of drug-likeness (QED) is 0.419. The Labute approximate surface area is 119 Å². The highest BCUT2D eigenvalue weighted by molar-refractivity contribution is 7.89. The van der Waals surface area contributed by atoms with Gasteiger partial charge >= 0.3 is 0 Å². The molecule has 0 aliphatic carbocycles. The molecule has 0 aliphatic heterocycles. The molecule has 0 aliphatic rings.